The predicted octanol–water partition coefficient (Wildman–Crippen LogP) is 1.87. The van der Waals surface area contributed by atoms with E-state index in [1.165, 1.54) is 0 Å². The van der Waals surface area contributed by atoms with Crippen LogP contribution in [0.2, 0.25) is 0 Å². The van der Waals surface area contributed by atoms with Crippen molar-refractivity contribution in [3.63, 3.8) is 0 Å². The van der Waals surface area contributed by atoms with Crippen molar-refractivity contribution in [1.82, 2.24) is 5.06 Å². The quantitative estimate of drug-likeness (QED) is 0.495. The van der Waals surface area contributed by atoms with Crippen molar-refractivity contribution in [2.45, 2.75) is 32.7 Å². The third kappa shape index (κ3) is 0.944. The monoisotopic (exact) mass is 126 g/mol. The van der Waals surface area contributed by atoms with Crippen LogP contribution < -0.4 is 0 Å². The first-order valence-corrected chi connectivity index (χ1v) is 3.18. The maximum Gasteiger partial charge on any atom is 0.0264 e. The van der Waals surface area contributed by atoms with Crippen molar-refractivity contribution in [2.24, 2.45) is 0 Å². The van der Waals surface area contributed by atoms with Crippen LogP contribution in [0.15, 0.2) is 11.8 Å². The molecule has 2 nitrogen and oxygen atoms in total. The Morgan fingerprint density at radius 2 is 2.22 bits per heavy atom. The van der Waals surface area contributed by atoms with Crippen molar-refractivity contribution in [3.05, 3.63) is 17.0 Å². The second-order valence-corrected chi connectivity index (χ2v) is 3.16. The topological polar surface area (TPSA) is 26.3 Å². The lowest BCUT2D eigenvalue weighted by Crippen LogP contribution is -2.33. The van der Waals surface area contributed by atoms with Crippen LogP contribution in [0.5, 0.6) is 0 Å². The summed E-state index contributed by atoms with van der Waals surface area (Å²) in [6.07, 6.45) is 2.86. The van der Waals surface area contributed by atoms with Gasteiger partial charge in [0.2, 0.25) is 0 Å². The van der Waals surface area contributed by atoms with Crippen molar-refractivity contribution >= 4 is 0 Å². The van der Waals surface area contributed by atoms with E-state index in [1.54, 1.807) is 0 Å². The molecule has 0 spiro atoms. The SMILES string of the molecule is CC1=CCC(C)(C)N1[O-]. The fourth-order valence-electron chi connectivity index (χ4n) is 1.04. The zero-order valence-electron chi connectivity index (χ0n) is 6.14. The molecule has 0 aromatic carbocycles. The highest BCUT2D eigenvalue weighted by molar-refractivity contribution is 5.13. The van der Waals surface area contributed by atoms with E-state index >= 15 is 0 Å². The Hall–Kier alpha value is -0.500. The summed E-state index contributed by atoms with van der Waals surface area (Å²) in [5.41, 5.74) is 0.657. The van der Waals surface area contributed by atoms with Gasteiger partial charge in [-0.15, -0.1) is 0 Å². The molecule has 52 valence electrons. The highest BCUT2D eigenvalue weighted by atomic mass is 16.5. The van der Waals surface area contributed by atoms with E-state index in [0.717, 1.165) is 17.2 Å². The second-order valence-electron chi connectivity index (χ2n) is 3.16. The van der Waals surface area contributed by atoms with Gasteiger partial charge in [0.05, 0.1) is 0 Å². The highest BCUT2D eigenvalue weighted by Crippen LogP contribution is 2.29. The maximum atomic E-state index is 11.1. The molecule has 2 heteroatoms. The molecule has 0 aliphatic carbocycles. The molecular weight excluding hydrogens is 114 g/mol. The van der Waals surface area contributed by atoms with Gasteiger partial charge in [-0.3, -0.25) is 0 Å². The van der Waals surface area contributed by atoms with Gasteiger partial charge in [-0.1, -0.05) is 6.08 Å². The summed E-state index contributed by atoms with van der Waals surface area (Å²) in [6, 6.07) is 0. The normalized spacial score (nSPS) is 24.4. The van der Waals surface area contributed by atoms with Crippen molar-refractivity contribution < 1.29 is 0 Å². The predicted molar refractivity (Wildman–Crippen MR) is 37.7 cm³/mol. The van der Waals surface area contributed by atoms with E-state index in [4.69, 9.17) is 0 Å². The van der Waals surface area contributed by atoms with Crippen molar-refractivity contribution in [1.29, 1.82) is 0 Å². The first-order valence-electron chi connectivity index (χ1n) is 3.18. The molecule has 0 saturated heterocycles. The Morgan fingerprint density at radius 1 is 1.67 bits per heavy atom. The summed E-state index contributed by atoms with van der Waals surface area (Å²) in [5, 5.41) is 12.2. The lowest BCUT2D eigenvalue weighted by atomic mass is 10.0. The van der Waals surface area contributed by atoms with E-state index in [1.807, 2.05) is 26.8 Å². The summed E-state index contributed by atoms with van der Waals surface area (Å²) in [7, 11) is 0. The molecule has 9 heavy (non-hydrogen) atoms. The summed E-state index contributed by atoms with van der Waals surface area (Å²) in [5.74, 6) is 0. The molecule has 0 aromatic heterocycles. The highest BCUT2D eigenvalue weighted by Gasteiger charge is 2.23. The van der Waals surface area contributed by atoms with E-state index in [2.05, 4.69) is 0 Å². The molecule has 1 aliphatic rings. The Kier molecular flexibility index (Phi) is 1.28. The Balaban J connectivity index is 2.73. The minimum atomic E-state index is -0.190. The van der Waals surface area contributed by atoms with Gasteiger partial charge in [-0.05, 0) is 32.9 Å². The number of allylic oxidation sites excluding steroid dienone is 1. The van der Waals surface area contributed by atoms with Gasteiger partial charge in [0, 0.05) is 5.54 Å². The van der Waals surface area contributed by atoms with Gasteiger partial charge in [0.15, 0.2) is 0 Å². The molecule has 1 rings (SSSR count). The molecule has 0 unspecified atom stereocenters. The summed E-state index contributed by atoms with van der Waals surface area (Å²) in [4.78, 5) is 0. The van der Waals surface area contributed by atoms with Gasteiger partial charge >= 0.3 is 0 Å². The molecule has 1 heterocycles. The molecule has 0 amide bonds. The number of hydroxylamine groups is 2. The van der Waals surface area contributed by atoms with Gasteiger partial charge in [-0.25, -0.2) is 0 Å². The van der Waals surface area contributed by atoms with E-state index in [0.29, 0.717) is 0 Å². The molecule has 0 atom stereocenters. The Labute approximate surface area is 55.7 Å². The summed E-state index contributed by atoms with van der Waals surface area (Å²) in [6.45, 7) is 5.75. The molecule has 0 radical (unpaired) electrons. The van der Waals surface area contributed by atoms with Crippen LogP contribution in [-0.2, 0) is 0 Å². The number of rotatable bonds is 0. The van der Waals surface area contributed by atoms with Crippen molar-refractivity contribution in [2.75, 3.05) is 0 Å². The van der Waals surface area contributed by atoms with Crippen LogP contribution in [0.3, 0.4) is 0 Å². The van der Waals surface area contributed by atoms with Gasteiger partial charge in [0.25, 0.3) is 0 Å². The largest absolute Gasteiger partial charge is 0.758 e. The van der Waals surface area contributed by atoms with Crippen LogP contribution in [0.4, 0.5) is 0 Å². The van der Waals surface area contributed by atoms with Crippen molar-refractivity contribution in [3.8, 4) is 0 Å². The molecule has 0 aromatic rings. The van der Waals surface area contributed by atoms with E-state index in [9.17, 15) is 5.21 Å². The number of hydrogen-bond acceptors (Lipinski definition) is 2. The van der Waals surface area contributed by atoms with Gasteiger partial charge < -0.3 is 10.3 Å². The number of nitrogens with zero attached hydrogens (tertiary/aromatic N) is 1. The van der Waals surface area contributed by atoms with Crippen LogP contribution in [0.25, 0.3) is 0 Å². The number of hydrogen-bond donors (Lipinski definition) is 0. The maximum absolute atomic E-state index is 11.1. The zero-order chi connectivity index (χ0) is 7.07. The first kappa shape index (κ1) is 6.62. The van der Waals surface area contributed by atoms with Crippen LogP contribution >= 0.6 is 0 Å². The minimum Gasteiger partial charge on any atom is -0.758 e. The van der Waals surface area contributed by atoms with Crippen LogP contribution in [0.1, 0.15) is 27.2 Å². The smallest absolute Gasteiger partial charge is 0.0264 e. The standard InChI is InChI=1S/C7H12NO/c1-6-4-5-7(2,3)8(6)9/h4H,5H2,1-3H3/q-1. The lowest BCUT2D eigenvalue weighted by Gasteiger charge is -2.41. The van der Waals surface area contributed by atoms with Gasteiger partial charge in [0.1, 0.15) is 0 Å². The lowest BCUT2D eigenvalue weighted by molar-refractivity contribution is 0.265. The molecule has 0 saturated carbocycles. The molecule has 0 bridgehead atoms. The average Bonchev–Trinajstić information content (AvgIpc) is 1.97. The molecule has 0 fully saturated rings. The fraction of sp³-hybridized carbons (Fsp3) is 0.714. The van der Waals surface area contributed by atoms with Gasteiger partial charge in [-0.2, -0.15) is 0 Å². The second kappa shape index (κ2) is 1.74. The summed E-state index contributed by atoms with van der Waals surface area (Å²) >= 11 is 0. The van der Waals surface area contributed by atoms with E-state index in [-0.39, 0.29) is 5.54 Å². The fourth-order valence-corrected chi connectivity index (χ4v) is 1.04. The summed E-state index contributed by atoms with van der Waals surface area (Å²) < 4.78 is 0. The zero-order valence-corrected chi connectivity index (χ0v) is 6.14. The third-order valence-electron chi connectivity index (χ3n) is 1.77. The Bertz CT molecular complexity index is 149. The average molecular weight is 126 g/mol. The third-order valence-corrected chi connectivity index (χ3v) is 1.77. The minimum absolute atomic E-state index is 0.190. The molecular formula is C7H12NO-. The molecule has 0 N–H and O–H groups in total. The van der Waals surface area contributed by atoms with Crippen LogP contribution in [0, 0.1) is 5.21 Å². The first-order chi connectivity index (χ1) is 4.04. The Morgan fingerprint density at radius 3 is 2.33 bits per heavy atom. The van der Waals surface area contributed by atoms with E-state index < -0.39 is 0 Å². The van der Waals surface area contributed by atoms with Crippen LogP contribution in [-0.4, -0.2) is 10.6 Å². The molecule has 1 aliphatic heterocycles.